The molecule has 19 heavy (non-hydrogen) atoms. The molecule has 0 aromatic rings. The molecule has 0 saturated heterocycles. The molecule has 0 aromatic carbocycles. The maximum Gasteiger partial charge on any atom is 0.251 e. The highest BCUT2D eigenvalue weighted by Gasteiger charge is 2.36. The Hall–Kier alpha value is -0.770. The molecule has 8 nitrogen and oxygen atoms in total. The molecule has 114 valence electrons. The second-order valence-corrected chi connectivity index (χ2v) is 4.31. The Morgan fingerprint density at radius 3 is 2.11 bits per heavy atom. The minimum absolute atomic E-state index is 0.316. The Balaban J connectivity index is 4.37. The van der Waals surface area contributed by atoms with Crippen molar-refractivity contribution in [3.63, 3.8) is 0 Å². The van der Waals surface area contributed by atoms with Crippen LogP contribution in [0.1, 0.15) is 19.8 Å². The average Bonchev–Trinajstić information content (AvgIpc) is 2.43. The normalized spacial score (nSPS) is 19.3. The number of hydrogen-bond acceptors (Lipinski definition) is 7. The molecule has 0 heterocycles. The summed E-state index contributed by atoms with van der Waals surface area (Å²) in [5, 5.41) is 57.8. The number of rotatable bonds is 9. The lowest BCUT2D eigenvalue weighted by Gasteiger charge is -2.27. The quantitative estimate of drug-likeness (QED) is 0.219. The molecular weight excluding hydrogens is 258 g/mol. The summed E-state index contributed by atoms with van der Waals surface area (Å²) in [7, 11) is 0. The second kappa shape index (κ2) is 9.18. The first-order chi connectivity index (χ1) is 8.86. The van der Waals surface area contributed by atoms with Crippen LogP contribution in [0.2, 0.25) is 0 Å². The van der Waals surface area contributed by atoms with E-state index in [4.69, 9.17) is 10.2 Å². The van der Waals surface area contributed by atoms with Gasteiger partial charge in [-0.05, 0) is 6.42 Å². The molecule has 0 saturated carbocycles. The SMILES string of the molecule is CCCCNC(=O)[C@H](O)[C@@H](O)[C@H](O)[C@H](O)[C@H](O)CO. The number of hydrogen-bond donors (Lipinski definition) is 7. The van der Waals surface area contributed by atoms with Gasteiger partial charge in [0.1, 0.15) is 24.4 Å². The van der Waals surface area contributed by atoms with Gasteiger partial charge in [-0.15, -0.1) is 0 Å². The van der Waals surface area contributed by atoms with Crippen molar-refractivity contribution in [2.45, 2.75) is 50.3 Å². The van der Waals surface area contributed by atoms with Gasteiger partial charge in [0.05, 0.1) is 6.61 Å². The summed E-state index contributed by atoms with van der Waals surface area (Å²) in [6, 6.07) is 0. The lowest BCUT2D eigenvalue weighted by Crippen LogP contribution is -2.54. The van der Waals surface area contributed by atoms with E-state index in [1.54, 1.807) is 0 Å². The molecule has 8 heteroatoms. The number of carbonyl (C=O) groups is 1. The van der Waals surface area contributed by atoms with Crippen LogP contribution in [0.15, 0.2) is 0 Å². The maximum atomic E-state index is 11.4. The molecule has 0 rings (SSSR count). The minimum atomic E-state index is -1.97. The Morgan fingerprint density at radius 1 is 1.05 bits per heavy atom. The van der Waals surface area contributed by atoms with Gasteiger partial charge in [0, 0.05) is 6.54 Å². The van der Waals surface area contributed by atoms with E-state index in [-0.39, 0.29) is 0 Å². The van der Waals surface area contributed by atoms with Crippen LogP contribution in [-0.4, -0.2) is 80.2 Å². The van der Waals surface area contributed by atoms with Gasteiger partial charge in [-0.2, -0.15) is 0 Å². The third-order valence-electron chi connectivity index (χ3n) is 2.70. The van der Waals surface area contributed by atoms with Crippen molar-refractivity contribution in [3.05, 3.63) is 0 Å². The first-order valence-corrected chi connectivity index (χ1v) is 6.15. The standard InChI is InChI=1S/C11H23NO7/c1-2-3-4-12-11(19)10(18)9(17)8(16)7(15)6(14)5-13/h6-10,13-18H,2-5H2,1H3,(H,12,19)/t6-,7-,8-,9+,10-/m1/s1. The van der Waals surface area contributed by atoms with Crippen molar-refractivity contribution in [1.82, 2.24) is 5.32 Å². The van der Waals surface area contributed by atoms with E-state index in [9.17, 15) is 25.2 Å². The summed E-state index contributed by atoms with van der Waals surface area (Å²) >= 11 is 0. The smallest absolute Gasteiger partial charge is 0.251 e. The highest BCUT2D eigenvalue weighted by molar-refractivity contribution is 5.81. The van der Waals surface area contributed by atoms with Crippen molar-refractivity contribution in [2.24, 2.45) is 0 Å². The lowest BCUT2D eigenvalue weighted by molar-refractivity contribution is -0.156. The molecule has 0 unspecified atom stereocenters. The van der Waals surface area contributed by atoms with E-state index < -0.39 is 43.0 Å². The van der Waals surface area contributed by atoms with E-state index in [1.807, 2.05) is 6.92 Å². The van der Waals surface area contributed by atoms with E-state index >= 15 is 0 Å². The zero-order valence-electron chi connectivity index (χ0n) is 10.8. The van der Waals surface area contributed by atoms with Gasteiger partial charge < -0.3 is 36.0 Å². The Labute approximate surface area is 111 Å². The molecule has 0 aliphatic carbocycles. The number of aliphatic hydroxyl groups excluding tert-OH is 6. The van der Waals surface area contributed by atoms with Gasteiger partial charge >= 0.3 is 0 Å². The van der Waals surface area contributed by atoms with Crippen LogP contribution in [0, 0.1) is 0 Å². The van der Waals surface area contributed by atoms with Crippen LogP contribution in [0.4, 0.5) is 0 Å². The molecule has 0 aliphatic rings. The lowest BCUT2D eigenvalue weighted by atomic mass is 9.99. The Bertz CT molecular complexity index is 263. The number of nitrogens with one attached hydrogen (secondary N) is 1. The molecule has 1 amide bonds. The zero-order valence-corrected chi connectivity index (χ0v) is 10.8. The fourth-order valence-electron chi connectivity index (χ4n) is 1.37. The molecule has 0 fully saturated rings. The molecule has 0 aliphatic heterocycles. The number of unbranched alkanes of at least 4 members (excludes halogenated alkanes) is 1. The van der Waals surface area contributed by atoms with Crippen LogP contribution >= 0.6 is 0 Å². The van der Waals surface area contributed by atoms with E-state index in [0.29, 0.717) is 13.0 Å². The predicted molar refractivity (Wildman–Crippen MR) is 65.0 cm³/mol. The van der Waals surface area contributed by atoms with Crippen molar-refractivity contribution >= 4 is 5.91 Å². The summed E-state index contributed by atoms with van der Waals surface area (Å²) in [5.41, 5.74) is 0. The molecular formula is C11H23NO7. The summed E-state index contributed by atoms with van der Waals surface area (Å²) in [4.78, 5) is 11.4. The molecule has 0 bridgehead atoms. The van der Waals surface area contributed by atoms with Crippen molar-refractivity contribution in [2.75, 3.05) is 13.2 Å². The van der Waals surface area contributed by atoms with Crippen LogP contribution in [0.3, 0.4) is 0 Å². The summed E-state index contributed by atoms with van der Waals surface area (Å²) < 4.78 is 0. The van der Waals surface area contributed by atoms with Gasteiger partial charge in [-0.3, -0.25) is 4.79 Å². The minimum Gasteiger partial charge on any atom is -0.394 e. The number of aliphatic hydroxyl groups is 6. The maximum absolute atomic E-state index is 11.4. The third kappa shape index (κ3) is 5.81. The van der Waals surface area contributed by atoms with E-state index in [2.05, 4.69) is 5.32 Å². The summed E-state index contributed by atoms with van der Waals surface area (Å²) in [6.07, 6.45) is -7.90. The average molecular weight is 281 g/mol. The molecule has 5 atom stereocenters. The largest absolute Gasteiger partial charge is 0.394 e. The van der Waals surface area contributed by atoms with Crippen LogP contribution in [0.25, 0.3) is 0 Å². The fraction of sp³-hybridized carbons (Fsp3) is 0.909. The van der Waals surface area contributed by atoms with Crippen LogP contribution < -0.4 is 5.32 Å². The second-order valence-electron chi connectivity index (χ2n) is 4.31. The van der Waals surface area contributed by atoms with Gasteiger partial charge in [-0.25, -0.2) is 0 Å². The van der Waals surface area contributed by atoms with Crippen molar-refractivity contribution < 1.29 is 35.4 Å². The Morgan fingerprint density at radius 2 is 1.63 bits per heavy atom. The first kappa shape index (κ1) is 18.2. The number of carbonyl (C=O) groups excluding carboxylic acids is 1. The van der Waals surface area contributed by atoms with Crippen molar-refractivity contribution in [1.29, 1.82) is 0 Å². The highest BCUT2D eigenvalue weighted by Crippen LogP contribution is 2.08. The highest BCUT2D eigenvalue weighted by atomic mass is 16.4. The molecule has 0 spiro atoms. The topological polar surface area (TPSA) is 150 Å². The molecule has 7 N–H and O–H groups in total. The van der Waals surface area contributed by atoms with Gasteiger partial charge in [0.25, 0.3) is 5.91 Å². The third-order valence-corrected chi connectivity index (χ3v) is 2.70. The molecule has 0 aromatic heterocycles. The van der Waals surface area contributed by atoms with E-state index in [0.717, 1.165) is 6.42 Å². The first-order valence-electron chi connectivity index (χ1n) is 6.15. The predicted octanol–water partition coefficient (Wildman–Crippen LogP) is -3.30. The monoisotopic (exact) mass is 281 g/mol. The molecule has 0 radical (unpaired) electrons. The Kier molecular flexibility index (Phi) is 8.81. The van der Waals surface area contributed by atoms with Gasteiger partial charge in [0.15, 0.2) is 6.10 Å². The van der Waals surface area contributed by atoms with Crippen LogP contribution in [0.5, 0.6) is 0 Å². The van der Waals surface area contributed by atoms with Crippen LogP contribution in [-0.2, 0) is 4.79 Å². The van der Waals surface area contributed by atoms with E-state index in [1.165, 1.54) is 0 Å². The van der Waals surface area contributed by atoms with Gasteiger partial charge in [0.2, 0.25) is 0 Å². The number of amides is 1. The summed E-state index contributed by atoms with van der Waals surface area (Å²) in [5.74, 6) is -0.884. The summed E-state index contributed by atoms with van der Waals surface area (Å²) in [6.45, 7) is 1.40. The van der Waals surface area contributed by atoms with Crippen molar-refractivity contribution in [3.8, 4) is 0 Å². The zero-order chi connectivity index (χ0) is 15.0. The van der Waals surface area contributed by atoms with Gasteiger partial charge in [-0.1, -0.05) is 13.3 Å². The fourth-order valence-corrected chi connectivity index (χ4v) is 1.37.